The summed E-state index contributed by atoms with van der Waals surface area (Å²) in [5, 5.41) is 11.4. The summed E-state index contributed by atoms with van der Waals surface area (Å²) in [4.78, 5) is 45.4. The van der Waals surface area contributed by atoms with Crippen LogP contribution in [0.4, 0.5) is 0 Å². The number of phenols is 1. The van der Waals surface area contributed by atoms with Gasteiger partial charge in [0.25, 0.3) is 0 Å². The van der Waals surface area contributed by atoms with Gasteiger partial charge in [-0.2, -0.15) is 0 Å². The van der Waals surface area contributed by atoms with Crippen LogP contribution in [0, 0.1) is 0 Å². The first kappa shape index (κ1) is 44.2. The van der Waals surface area contributed by atoms with Crippen molar-refractivity contribution in [3.05, 3.63) is 28.8 Å². The number of nitrogens with zero attached hydrogens (tertiary/aromatic N) is 3. The summed E-state index contributed by atoms with van der Waals surface area (Å²) >= 11 is 0. The SMILES string of the molecule is NCCCCN(CCCN)C(=O)CCc1cc(CCC(=O)N(CCCN)CCCCN)c(O)c(CCC(=O)N(CCCN)CCCCN)c1. The Balaban J connectivity index is 3.23. The van der Waals surface area contributed by atoms with Gasteiger partial charge < -0.3 is 54.2 Å². The van der Waals surface area contributed by atoms with Crippen LogP contribution in [0.3, 0.4) is 0 Å². The largest absolute Gasteiger partial charge is 0.507 e. The van der Waals surface area contributed by atoms with Crippen LogP contribution in [0.2, 0.25) is 0 Å². The van der Waals surface area contributed by atoms with Crippen LogP contribution in [0.25, 0.3) is 0 Å². The second-order valence-corrected chi connectivity index (χ2v) is 12.8. The van der Waals surface area contributed by atoms with Crippen molar-refractivity contribution in [3.63, 3.8) is 0 Å². The van der Waals surface area contributed by atoms with Crippen molar-refractivity contribution in [1.29, 1.82) is 0 Å². The van der Waals surface area contributed by atoms with Gasteiger partial charge >= 0.3 is 0 Å². The van der Waals surface area contributed by atoms with Gasteiger partial charge in [0.2, 0.25) is 17.7 Å². The van der Waals surface area contributed by atoms with Gasteiger partial charge in [-0.25, -0.2) is 0 Å². The molecule has 3 amide bonds. The molecule has 13 nitrogen and oxygen atoms in total. The highest BCUT2D eigenvalue weighted by molar-refractivity contribution is 5.78. The van der Waals surface area contributed by atoms with Crippen molar-refractivity contribution >= 4 is 17.7 Å². The molecule has 0 saturated carbocycles. The highest BCUT2D eigenvalue weighted by Gasteiger charge is 2.20. The summed E-state index contributed by atoms with van der Waals surface area (Å²) in [6.07, 6.45) is 9.07. The average Bonchev–Trinajstić information content (AvgIpc) is 3.10. The molecule has 0 atom stereocenters. The molecule has 282 valence electrons. The molecule has 0 unspecified atom stereocenters. The van der Waals surface area contributed by atoms with E-state index in [4.69, 9.17) is 34.4 Å². The maximum Gasteiger partial charge on any atom is 0.222 e. The molecule has 0 heterocycles. The monoisotopic (exact) mass is 692 g/mol. The van der Waals surface area contributed by atoms with Crippen molar-refractivity contribution in [1.82, 2.24) is 14.7 Å². The summed E-state index contributed by atoms with van der Waals surface area (Å²) in [5.74, 6) is 0.162. The molecule has 1 aromatic carbocycles. The van der Waals surface area contributed by atoms with Gasteiger partial charge in [0, 0.05) is 58.5 Å². The number of carbonyl (C=O) groups is 3. The van der Waals surface area contributed by atoms with E-state index < -0.39 is 0 Å². The van der Waals surface area contributed by atoms with E-state index in [2.05, 4.69) is 0 Å². The summed E-state index contributed by atoms with van der Waals surface area (Å²) in [6, 6.07) is 3.80. The van der Waals surface area contributed by atoms with E-state index in [-0.39, 0.29) is 36.3 Å². The van der Waals surface area contributed by atoms with Crippen LogP contribution in [-0.4, -0.2) is 116 Å². The van der Waals surface area contributed by atoms with Gasteiger partial charge in [-0.3, -0.25) is 14.4 Å². The quantitative estimate of drug-likeness (QED) is 0.0564. The number of nitrogens with two attached hydrogens (primary N) is 6. The number of aryl methyl sites for hydroxylation is 3. The molecule has 0 saturated heterocycles. The predicted molar refractivity (Wildman–Crippen MR) is 199 cm³/mol. The van der Waals surface area contributed by atoms with Crippen molar-refractivity contribution in [2.75, 3.05) is 78.5 Å². The molecular weight excluding hydrogens is 622 g/mol. The van der Waals surface area contributed by atoms with E-state index in [1.807, 2.05) is 26.8 Å². The maximum atomic E-state index is 13.3. The molecular formula is C36H69N9O4. The van der Waals surface area contributed by atoms with Gasteiger partial charge in [-0.05, 0) is 133 Å². The van der Waals surface area contributed by atoms with Gasteiger partial charge in [0.15, 0.2) is 0 Å². The van der Waals surface area contributed by atoms with Crippen molar-refractivity contribution in [2.24, 2.45) is 34.4 Å². The van der Waals surface area contributed by atoms with Gasteiger partial charge in [-0.1, -0.05) is 12.1 Å². The number of unbranched alkanes of at least 4 members (excludes halogenated alkanes) is 3. The molecule has 0 aliphatic carbocycles. The zero-order valence-electron chi connectivity index (χ0n) is 30.2. The molecule has 49 heavy (non-hydrogen) atoms. The molecule has 0 fully saturated rings. The molecule has 0 spiro atoms. The first-order valence-corrected chi connectivity index (χ1v) is 18.6. The molecule has 0 aliphatic rings. The molecule has 0 aliphatic heterocycles. The summed E-state index contributed by atoms with van der Waals surface area (Å²) in [7, 11) is 0. The third kappa shape index (κ3) is 18.7. The number of carbonyl (C=O) groups excluding carboxylic acids is 3. The number of rotatable bonds is 30. The topological polar surface area (TPSA) is 237 Å². The fourth-order valence-corrected chi connectivity index (χ4v) is 5.84. The molecule has 1 rings (SSSR count). The fourth-order valence-electron chi connectivity index (χ4n) is 5.84. The number of hydrogen-bond donors (Lipinski definition) is 7. The molecule has 13 heteroatoms. The van der Waals surface area contributed by atoms with Crippen LogP contribution >= 0.6 is 0 Å². The lowest BCUT2D eigenvalue weighted by Gasteiger charge is -2.24. The number of aromatic hydroxyl groups is 1. The van der Waals surface area contributed by atoms with E-state index in [0.717, 1.165) is 50.5 Å². The van der Waals surface area contributed by atoms with E-state index in [0.29, 0.717) is 128 Å². The predicted octanol–water partition coefficient (Wildman–Crippen LogP) is 0.939. The third-order valence-corrected chi connectivity index (χ3v) is 8.77. The standard InChI is InChI=1S/C36H69N9O4/c37-16-1-4-22-43(25-7-19-40)33(46)13-10-30-28-31(11-14-34(47)44(26-8-20-41)23-5-2-17-38)36(49)32(29-30)12-15-35(48)45(27-9-21-42)24-6-3-18-39/h28-29,49H,1-27,37-42H2. The van der Waals surface area contributed by atoms with E-state index in [9.17, 15) is 19.5 Å². The molecule has 1 aromatic rings. The Kier molecular flexibility index (Phi) is 25.2. The van der Waals surface area contributed by atoms with Crippen molar-refractivity contribution < 1.29 is 19.5 Å². The van der Waals surface area contributed by atoms with Gasteiger partial charge in [0.1, 0.15) is 5.75 Å². The molecule has 13 N–H and O–H groups in total. The lowest BCUT2D eigenvalue weighted by molar-refractivity contribution is -0.132. The minimum Gasteiger partial charge on any atom is -0.507 e. The van der Waals surface area contributed by atoms with E-state index >= 15 is 0 Å². The third-order valence-electron chi connectivity index (χ3n) is 8.77. The summed E-state index contributed by atoms with van der Waals surface area (Å²) < 4.78 is 0. The van der Waals surface area contributed by atoms with Crippen molar-refractivity contribution in [2.45, 2.75) is 96.3 Å². The summed E-state index contributed by atoms with van der Waals surface area (Å²) in [6.45, 7) is 6.89. The Morgan fingerprint density at radius 1 is 0.449 bits per heavy atom. The first-order chi connectivity index (χ1) is 23.8. The minimum absolute atomic E-state index is 0.00299. The van der Waals surface area contributed by atoms with E-state index in [1.165, 1.54) is 0 Å². The number of phenolic OH excluding ortho intramolecular Hbond substituents is 1. The average molecular weight is 692 g/mol. The lowest BCUT2D eigenvalue weighted by atomic mass is 9.95. The fraction of sp³-hybridized carbons (Fsp3) is 0.750. The normalized spacial score (nSPS) is 11.1. The highest BCUT2D eigenvalue weighted by Crippen LogP contribution is 2.29. The minimum atomic E-state index is 0.00299. The number of benzene rings is 1. The Bertz CT molecular complexity index is 1000. The van der Waals surface area contributed by atoms with Gasteiger partial charge in [-0.15, -0.1) is 0 Å². The number of hydrogen-bond acceptors (Lipinski definition) is 10. The van der Waals surface area contributed by atoms with Gasteiger partial charge in [0.05, 0.1) is 0 Å². The highest BCUT2D eigenvalue weighted by atomic mass is 16.3. The van der Waals surface area contributed by atoms with Crippen LogP contribution in [0.1, 0.15) is 93.7 Å². The van der Waals surface area contributed by atoms with Crippen molar-refractivity contribution in [3.8, 4) is 5.75 Å². The van der Waals surface area contributed by atoms with E-state index in [1.54, 1.807) is 0 Å². The Morgan fingerprint density at radius 3 is 1.04 bits per heavy atom. The smallest absolute Gasteiger partial charge is 0.222 e. The maximum absolute atomic E-state index is 13.3. The number of amides is 3. The van der Waals surface area contributed by atoms with Crippen LogP contribution in [-0.2, 0) is 33.6 Å². The summed E-state index contributed by atoms with van der Waals surface area (Å²) in [5.41, 5.74) is 36.4. The first-order valence-electron chi connectivity index (χ1n) is 18.6. The zero-order chi connectivity index (χ0) is 36.3. The molecule has 0 aromatic heterocycles. The molecule has 0 radical (unpaired) electrons. The van der Waals surface area contributed by atoms with Crippen LogP contribution < -0.4 is 34.4 Å². The second-order valence-electron chi connectivity index (χ2n) is 12.8. The zero-order valence-corrected chi connectivity index (χ0v) is 30.2. The van der Waals surface area contributed by atoms with Crippen LogP contribution in [0.5, 0.6) is 5.75 Å². The van der Waals surface area contributed by atoms with Crippen LogP contribution in [0.15, 0.2) is 12.1 Å². The Labute approximate surface area is 295 Å². The molecule has 0 bridgehead atoms. The Morgan fingerprint density at radius 2 is 0.735 bits per heavy atom. The second kappa shape index (κ2) is 27.9. The Hall–Kier alpha value is -2.81. The lowest BCUT2D eigenvalue weighted by Crippen LogP contribution is -2.34.